The average molecular weight is 267 g/mol. The van der Waals surface area contributed by atoms with Crippen LogP contribution in [0.15, 0.2) is 18.3 Å². The third-order valence-corrected chi connectivity index (χ3v) is 2.65. The number of aliphatic hydroxyl groups is 1. The second-order valence-electron chi connectivity index (χ2n) is 5.32. The van der Waals surface area contributed by atoms with E-state index < -0.39 is 5.60 Å². The number of ether oxygens (including phenoxy) is 1. The van der Waals surface area contributed by atoms with Crippen LogP contribution in [0.4, 0.5) is 5.82 Å². The van der Waals surface area contributed by atoms with Gasteiger partial charge < -0.3 is 20.1 Å². The molecule has 0 saturated carbocycles. The zero-order valence-corrected chi connectivity index (χ0v) is 12.3. The lowest BCUT2D eigenvalue weighted by atomic mass is 10.1. The normalized spacial score (nSPS) is 11.6. The van der Waals surface area contributed by atoms with Gasteiger partial charge in [0.05, 0.1) is 12.2 Å². The molecule has 0 saturated heterocycles. The van der Waals surface area contributed by atoms with E-state index in [1.54, 1.807) is 27.2 Å². The highest BCUT2D eigenvalue weighted by molar-refractivity contribution is 5.46. The summed E-state index contributed by atoms with van der Waals surface area (Å²) in [5.74, 6) is 0.898. The standard InChI is InChI=1S/C14H25N3O2/c1-14(2,18)11-17(3)13-12(6-5-7-16-13)10-15-8-9-19-4/h5-7,15,18H,8-11H2,1-4H3. The van der Waals surface area contributed by atoms with Crippen LogP contribution in [0.3, 0.4) is 0 Å². The maximum absolute atomic E-state index is 9.88. The second-order valence-corrected chi connectivity index (χ2v) is 5.32. The number of aromatic nitrogens is 1. The molecule has 2 N–H and O–H groups in total. The first-order chi connectivity index (χ1) is 8.94. The lowest BCUT2D eigenvalue weighted by Gasteiger charge is -2.27. The van der Waals surface area contributed by atoms with E-state index in [1.807, 2.05) is 24.1 Å². The average Bonchev–Trinajstić information content (AvgIpc) is 2.33. The minimum Gasteiger partial charge on any atom is -0.389 e. The minimum absolute atomic E-state index is 0.537. The molecule has 0 aromatic carbocycles. The minimum atomic E-state index is -0.743. The van der Waals surface area contributed by atoms with Gasteiger partial charge in [-0.3, -0.25) is 0 Å². The first kappa shape index (κ1) is 15.9. The van der Waals surface area contributed by atoms with Crippen molar-refractivity contribution < 1.29 is 9.84 Å². The van der Waals surface area contributed by atoms with E-state index in [0.29, 0.717) is 13.2 Å². The van der Waals surface area contributed by atoms with Crippen LogP contribution in [-0.4, -0.2) is 49.5 Å². The smallest absolute Gasteiger partial charge is 0.132 e. The molecular formula is C14H25N3O2. The highest BCUT2D eigenvalue weighted by atomic mass is 16.5. The molecular weight excluding hydrogens is 242 g/mol. The number of rotatable bonds is 8. The van der Waals surface area contributed by atoms with Gasteiger partial charge in [-0.2, -0.15) is 0 Å². The van der Waals surface area contributed by atoms with Gasteiger partial charge in [-0.05, 0) is 19.9 Å². The summed E-state index contributed by atoms with van der Waals surface area (Å²) in [5.41, 5.74) is 0.373. The van der Waals surface area contributed by atoms with Gasteiger partial charge in [-0.1, -0.05) is 6.07 Å². The lowest BCUT2D eigenvalue weighted by molar-refractivity contribution is 0.0884. The number of nitrogens with zero attached hydrogens (tertiary/aromatic N) is 2. The van der Waals surface area contributed by atoms with Crippen molar-refractivity contribution in [3.63, 3.8) is 0 Å². The Labute approximate surface area is 115 Å². The van der Waals surface area contributed by atoms with Gasteiger partial charge in [-0.15, -0.1) is 0 Å². The number of likely N-dealkylation sites (N-methyl/N-ethyl adjacent to an activating group) is 1. The summed E-state index contributed by atoms with van der Waals surface area (Å²) >= 11 is 0. The summed E-state index contributed by atoms with van der Waals surface area (Å²) in [6.45, 7) is 6.36. The fourth-order valence-corrected chi connectivity index (χ4v) is 1.96. The monoisotopic (exact) mass is 267 g/mol. The van der Waals surface area contributed by atoms with Gasteiger partial charge >= 0.3 is 0 Å². The SMILES string of the molecule is COCCNCc1cccnc1N(C)CC(C)(C)O. The molecule has 0 radical (unpaired) electrons. The van der Waals surface area contributed by atoms with E-state index in [0.717, 1.165) is 24.5 Å². The number of nitrogens with one attached hydrogen (secondary N) is 1. The molecule has 5 heteroatoms. The van der Waals surface area contributed by atoms with E-state index in [4.69, 9.17) is 4.74 Å². The van der Waals surface area contributed by atoms with Crippen molar-refractivity contribution in [1.29, 1.82) is 0 Å². The van der Waals surface area contributed by atoms with Gasteiger partial charge in [0, 0.05) is 45.6 Å². The fourth-order valence-electron chi connectivity index (χ4n) is 1.96. The number of methoxy groups -OCH3 is 1. The van der Waals surface area contributed by atoms with Crippen LogP contribution in [0.1, 0.15) is 19.4 Å². The summed E-state index contributed by atoms with van der Waals surface area (Å²) in [4.78, 5) is 6.38. The van der Waals surface area contributed by atoms with Crippen molar-refractivity contribution in [2.45, 2.75) is 26.0 Å². The van der Waals surface area contributed by atoms with Crippen molar-refractivity contribution >= 4 is 5.82 Å². The summed E-state index contributed by atoms with van der Waals surface area (Å²) in [7, 11) is 3.63. The van der Waals surface area contributed by atoms with E-state index in [1.165, 1.54) is 0 Å². The number of hydrogen-bond acceptors (Lipinski definition) is 5. The third-order valence-electron chi connectivity index (χ3n) is 2.65. The molecule has 5 nitrogen and oxygen atoms in total. The molecule has 108 valence electrons. The first-order valence-corrected chi connectivity index (χ1v) is 6.51. The van der Waals surface area contributed by atoms with Crippen LogP contribution in [0, 0.1) is 0 Å². The molecule has 1 aromatic heterocycles. The second kappa shape index (κ2) is 7.43. The molecule has 0 amide bonds. The van der Waals surface area contributed by atoms with Gasteiger partial charge in [-0.25, -0.2) is 4.98 Å². The molecule has 0 unspecified atom stereocenters. The van der Waals surface area contributed by atoms with Crippen molar-refractivity contribution in [2.24, 2.45) is 0 Å². The predicted octanol–water partition coefficient (Wildman–Crippen LogP) is 1.02. The molecule has 0 aliphatic rings. The van der Waals surface area contributed by atoms with Crippen LogP contribution in [0.25, 0.3) is 0 Å². The van der Waals surface area contributed by atoms with E-state index in [9.17, 15) is 5.11 Å². The van der Waals surface area contributed by atoms with Gasteiger partial charge in [0.1, 0.15) is 5.82 Å². The van der Waals surface area contributed by atoms with Gasteiger partial charge in [0.2, 0.25) is 0 Å². The summed E-state index contributed by atoms with van der Waals surface area (Å²) in [5, 5.41) is 13.2. The van der Waals surface area contributed by atoms with Crippen molar-refractivity contribution in [2.75, 3.05) is 38.8 Å². The molecule has 0 aliphatic heterocycles. The van der Waals surface area contributed by atoms with Crippen LogP contribution in [0.5, 0.6) is 0 Å². The Bertz CT molecular complexity index is 377. The first-order valence-electron chi connectivity index (χ1n) is 6.51. The fraction of sp³-hybridized carbons (Fsp3) is 0.643. The molecule has 1 aromatic rings. The largest absolute Gasteiger partial charge is 0.389 e. The quantitative estimate of drug-likeness (QED) is 0.689. The van der Waals surface area contributed by atoms with Gasteiger partial charge in [0.25, 0.3) is 0 Å². The van der Waals surface area contributed by atoms with Crippen molar-refractivity contribution in [3.8, 4) is 0 Å². The maximum atomic E-state index is 9.88. The zero-order valence-electron chi connectivity index (χ0n) is 12.3. The van der Waals surface area contributed by atoms with Crippen LogP contribution >= 0.6 is 0 Å². The Kier molecular flexibility index (Phi) is 6.21. The number of anilines is 1. The molecule has 0 fully saturated rings. The van der Waals surface area contributed by atoms with Crippen molar-refractivity contribution in [3.05, 3.63) is 23.9 Å². The maximum Gasteiger partial charge on any atom is 0.132 e. The van der Waals surface area contributed by atoms with E-state index >= 15 is 0 Å². The Morgan fingerprint density at radius 3 is 2.84 bits per heavy atom. The molecule has 1 rings (SSSR count). The molecule has 1 heterocycles. The topological polar surface area (TPSA) is 57.6 Å². The molecule has 0 aliphatic carbocycles. The lowest BCUT2D eigenvalue weighted by Crippen LogP contribution is -2.37. The van der Waals surface area contributed by atoms with Gasteiger partial charge in [0.15, 0.2) is 0 Å². The van der Waals surface area contributed by atoms with Crippen molar-refractivity contribution in [1.82, 2.24) is 10.3 Å². The van der Waals surface area contributed by atoms with Crippen LogP contribution < -0.4 is 10.2 Å². The van der Waals surface area contributed by atoms with Crippen LogP contribution in [-0.2, 0) is 11.3 Å². The van der Waals surface area contributed by atoms with Crippen LogP contribution in [0.2, 0.25) is 0 Å². The molecule has 19 heavy (non-hydrogen) atoms. The summed E-state index contributed by atoms with van der Waals surface area (Å²) in [6.07, 6.45) is 1.77. The molecule has 0 atom stereocenters. The van der Waals surface area contributed by atoms with E-state index in [-0.39, 0.29) is 0 Å². The summed E-state index contributed by atoms with van der Waals surface area (Å²) in [6, 6.07) is 3.97. The molecule has 0 spiro atoms. The highest BCUT2D eigenvalue weighted by Gasteiger charge is 2.18. The zero-order chi connectivity index (χ0) is 14.3. The Morgan fingerprint density at radius 2 is 2.21 bits per heavy atom. The molecule has 0 bridgehead atoms. The Hall–Kier alpha value is -1.17. The summed E-state index contributed by atoms with van der Waals surface area (Å²) < 4.78 is 5.00. The number of hydrogen-bond donors (Lipinski definition) is 2. The number of pyridine rings is 1. The van der Waals surface area contributed by atoms with E-state index in [2.05, 4.69) is 10.3 Å². The highest BCUT2D eigenvalue weighted by Crippen LogP contribution is 2.17. The Balaban J connectivity index is 2.66. The predicted molar refractivity (Wildman–Crippen MR) is 77.4 cm³/mol. The third kappa shape index (κ3) is 6.00. The Morgan fingerprint density at radius 1 is 1.47 bits per heavy atom.